The summed E-state index contributed by atoms with van der Waals surface area (Å²) in [5, 5.41) is 5.25. The molecule has 1 unspecified atom stereocenters. The van der Waals surface area contributed by atoms with E-state index < -0.39 is 6.04 Å². The standard InChI is InChI=1S/C26H26N4O4S/c31-23(16-18-4-2-1-3-5-18)29-13-14-34-17-22(29)25(33)30(26-27-12-15-35-26)21-10-6-19(7-11-21)24(32)28-20-8-9-20/h1-7,10-12,15,20,22H,8-9,13-14,16-17H2,(H,28,32). The Morgan fingerprint density at radius 2 is 1.86 bits per heavy atom. The maximum absolute atomic E-state index is 13.9. The molecule has 5 rings (SSSR count). The fourth-order valence-electron chi connectivity index (χ4n) is 4.04. The van der Waals surface area contributed by atoms with Gasteiger partial charge in [0.05, 0.1) is 25.3 Å². The Bertz CT molecular complexity index is 1180. The van der Waals surface area contributed by atoms with E-state index in [9.17, 15) is 14.4 Å². The minimum absolute atomic E-state index is 0.114. The minimum atomic E-state index is -0.776. The second-order valence-corrected chi connectivity index (χ2v) is 9.50. The molecule has 0 radical (unpaired) electrons. The van der Waals surface area contributed by atoms with Gasteiger partial charge in [-0.25, -0.2) is 4.98 Å². The van der Waals surface area contributed by atoms with E-state index >= 15 is 0 Å². The molecular weight excluding hydrogens is 464 g/mol. The Kier molecular flexibility index (Phi) is 6.87. The lowest BCUT2D eigenvalue weighted by molar-refractivity contribution is -0.146. The average molecular weight is 491 g/mol. The fourth-order valence-corrected chi connectivity index (χ4v) is 4.71. The highest BCUT2D eigenvalue weighted by Gasteiger charge is 2.37. The molecule has 2 fully saturated rings. The van der Waals surface area contributed by atoms with Gasteiger partial charge < -0.3 is 15.0 Å². The quantitative estimate of drug-likeness (QED) is 0.549. The lowest BCUT2D eigenvalue weighted by Gasteiger charge is -2.37. The van der Waals surface area contributed by atoms with Crippen molar-refractivity contribution in [3.05, 3.63) is 77.3 Å². The molecule has 0 bridgehead atoms. The third-order valence-corrected chi connectivity index (χ3v) is 6.82. The summed E-state index contributed by atoms with van der Waals surface area (Å²) in [6, 6.07) is 15.9. The SMILES string of the molecule is O=C(NC1CC1)c1ccc(N(C(=O)C2COCCN2C(=O)Cc2ccccc2)c2nccs2)cc1. The number of nitrogens with zero attached hydrogens (tertiary/aromatic N) is 3. The Morgan fingerprint density at radius 1 is 1.09 bits per heavy atom. The van der Waals surface area contributed by atoms with E-state index in [1.165, 1.54) is 16.2 Å². The van der Waals surface area contributed by atoms with Crippen LogP contribution in [0.3, 0.4) is 0 Å². The number of anilines is 2. The zero-order chi connectivity index (χ0) is 24.2. The van der Waals surface area contributed by atoms with Crippen LogP contribution in [-0.4, -0.2) is 59.4 Å². The van der Waals surface area contributed by atoms with Crippen molar-refractivity contribution in [1.82, 2.24) is 15.2 Å². The predicted molar refractivity (Wildman–Crippen MR) is 133 cm³/mol. The van der Waals surface area contributed by atoms with Crippen molar-refractivity contribution in [2.75, 3.05) is 24.7 Å². The smallest absolute Gasteiger partial charge is 0.258 e. The summed E-state index contributed by atoms with van der Waals surface area (Å²) in [5.74, 6) is -0.537. The number of carbonyl (C=O) groups is 3. The van der Waals surface area contributed by atoms with Crippen LogP contribution in [0, 0.1) is 0 Å². The molecule has 35 heavy (non-hydrogen) atoms. The van der Waals surface area contributed by atoms with Crippen LogP contribution in [0.4, 0.5) is 10.8 Å². The lowest BCUT2D eigenvalue weighted by Crippen LogP contribution is -2.56. The number of morpholine rings is 1. The van der Waals surface area contributed by atoms with Gasteiger partial charge >= 0.3 is 0 Å². The van der Waals surface area contributed by atoms with Crippen molar-refractivity contribution in [2.24, 2.45) is 0 Å². The Hall–Kier alpha value is -3.56. The Morgan fingerprint density at radius 3 is 2.54 bits per heavy atom. The number of amides is 3. The number of benzene rings is 2. The van der Waals surface area contributed by atoms with Gasteiger partial charge in [0.1, 0.15) is 6.04 Å². The van der Waals surface area contributed by atoms with Gasteiger partial charge in [-0.15, -0.1) is 11.3 Å². The molecule has 8 nitrogen and oxygen atoms in total. The van der Waals surface area contributed by atoms with Gasteiger partial charge in [0.2, 0.25) is 5.91 Å². The van der Waals surface area contributed by atoms with Crippen LogP contribution in [0.25, 0.3) is 0 Å². The fraction of sp³-hybridized carbons (Fsp3) is 0.308. The molecule has 0 spiro atoms. The van der Waals surface area contributed by atoms with Gasteiger partial charge in [-0.1, -0.05) is 30.3 Å². The number of thiazole rings is 1. The second kappa shape index (κ2) is 10.4. The van der Waals surface area contributed by atoms with E-state index in [0.717, 1.165) is 18.4 Å². The average Bonchev–Trinajstić information content (AvgIpc) is 3.55. The number of aromatic nitrogens is 1. The van der Waals surface area contributed by atoms with E-state index in [1.807, 2.05) is 30.3 Å². The highest BCUT2D eigenvalue weighted by atomic mass is 32.1. The van der Waals surface area contributed by atoms with E-state index in [-0.39, 0.29) is 36.8 Å². The molecule has 2 aromatic carbocycles. The Balaban J connectivity index is 1.39. The molecule has 2 heterocycles. The van der Waals surface area contributed by atoms with E-state index in [0.29, 0.717) is 29.5 Å². The van der Waals surface area contributed by atoms with Crippen molar-refractivity contribution < 1.29 is 19.1 Å². The third-order valence-electron chi connectivity index (χ3n) is 6.06. The molecule has 9 heteroatoms. The van der Waals surface area contributed by atoms with Crippen molar-refractivity contribution in [1.29, 1.82) is 0 Å². The van der Waals surface area contributed by atoms with Crippen LogP contribution in [-0.2, 0) is 20.7 Å². The van der Waals surface area contributed by atoms with Crippen LogP contribution in [0.1, 0.15) is 28.8 Å². The maximum Gasteiger partial charge on any atom is 0.258 e. The van der Waals surface area contributed by atoms with Gasteiger partial charge in [-0.3, -0.25) is 19.3 Å². The largest absolute Gasteiger partial charge is 0.377 e. The molecule has 180 valence electrons. The highest BCUT2D eigenvalue weighted by molar-refractivity contribution is 7.13. The second-order valence-electron chi connectivity index (χ2n) is 8.62. The molecule has 1 aliphatic carbocycles. The number of rotatable bonds is 7. The first-order valence-corrected chi connectivity index (χ1v) is 12.5. The van der Waals surface area contributed by atoms with Crippen LogP contribution < -0.4 is 10.2 Å². The lowest BCUT2D eigenvalue weighted by atomic mass is 10.1. The van der Waals surface area contributed by atoms with Crippen LogP contribution in [0.15, 0.2) is 66.2 Å². The topological polar surface area (TPSA) is 91.8 Å². The van der Waals surface area contributed by atoms with Crippen LogP contribution in [0.5, 0.6) is 0 Å². The summed E-state index contributed by atoms with van der Waals surface area (Å²) in [4.78, 5) is 46.9. The monoisotopic (exact) mass is 490 g/mol. The van der Waals surface area contributed by atoms with E-state index in [1.54, 1.807) is 40.7 Å². The molecule has 1 aromatic heterocycles. The number of ether oxygens (including phenoxy) is 1. The van der Waals surface area contributed by atoms with E-state index in [2.05, 4.69) is 10.3 Å². The molecular formula is C26H26N4O4S. The van der Waals surface area contributed by atoms with Gasteiger partial charge in [0, 0.05) is 29.7 Å². The van der Waals surface area contributed by atoms with Crippen LogP contribution >= 0.6 is 11.3 Å². The first-order valence-electron chi connectivity index (χ1n) is 11.7. The zero-order valence-corrected chi connectivity index (χ0v) is 19.9. The van der Waals surface area contributed by atoms with Gasteiger partial charge in [-0.05, 0) is 42.7 Å². The van der Waals surface area contributed by atoms with Gasteiger partial charge in [0.25, 0.3) is 11.8 Å². The van der Waals surface area contributed by atoms with Crippen molar-refractivity contribution >= 4 is 39.9 Å². The molecule has 3 aromatic rings. The molecule has 1 N–H and O–H groups in total. The van der Waals surface area contributed by atoms with Crippen molar-refractivity contribution in [2.45, 2.75) is 31.3 Å². The summed E-state index contributed by atoms with van der Waals surface area (Å²) in [7, 11) is 0. The van der Waals surface area contributed by atoms with Crippen LogP contribution in [0.2, 0.25) is 0 Å². The zero-order valence-electron chi connectivity index (χ0n) is 19.1. The molecule has 1 saturated heterocycles. The number of hydrogen-bond acceptors (Lipinski definition) is 6. The molecule has 3 amide bonds. The normalized spacial score (nSPS) is 17.6. The first kappa shape index (κ1) is 23.2. The first-order chi connectivity index (χ1) is 17.1. The summed E-state index contributed by atoms with van der Waals surface area (Å²) < 4.78 is 5.62. The highest BCUT2D eigenvalue weighted by Crippen LogP contribution is 2.30. The number of nitrogens with one attached hydrogen (secondary N) is 1. The summed E-state index contributed by atoms with van der Waals surface area (Å²) >= 11 is 1.33. The molecule has 2 aliphatic rings. The van der Waals surface area contributed by atoms with Gasteiger partial charge in [0.15, 0.2) is 5.13 Å². The third kappa shape index (κ3) is 5.41. The summed E-state index contributed by atoms with van der Waals surface area (Å²) in [6.45, 7) is 0.837. The minimum Gasteiger partial charge on any atom is -0.377 e. The summed E-state index contributed by atoms with van der Waals surface area (Å²) in [6.07, 6.45) is 3.87. The Labute approximate surface area is 207 Å². The summed E-state index contributed by atoms with van der Waals surface area (Å²) in [5.41, 5.74) is 2.01. The number of carbonyl (C=O) groups excluding carboxylic acids is 3. The maximum atomic E-state index is 13.9. The van der Waals surface area contributed by atoms with E-state index in [4.69, 9.17) is 4.74 Å². The predicted octanol–water partition coefficient (Wildman–Crippen LogP) is 3.17. The number of hydrogen-bond donors (Lipinski definition) is 1. The molecule has 1 atom stereocenters. The van der Waals surface area contributed by atoms with Crippen molar-refractivity contribution in [3.63, 3.8) is 0 Å². The molecule has 1 saturated carbocycles. The molecule has 1 aliphatic heterocycles. The van der Waals surface area contributed by atoms with Gasteiger partial charge in [-0.2, -0.15) is 0 Å². The van der Waals surface area contributed by atoms with Crippen molar-refractivity contribution in [3.8, 4) is 0 Å².